The van der Waals surface area contributed by atoms with Crippen molar-refractivity contribution in [2.45, 2.75) is 27.1 Å². The number of hydrogen-bond acceptors (Lipinski definition) is 5. The zero-order valence-corrected chi connectivity index (χ0v) is 22.1. The fraction of sp³-hybridized carbons (Fsp3) is 0.226. The van der Waals surface area contributed by atoms with Gasteiger partial charge >= 0.3 is 5.97 Å². The summed E-state index contributed by atoms with van der Waals surface area (Å²) in [6, 6.07) is 26.8. The Morgan fingerprint density at radius 1 is 0.737 bits per heavy atom. The summed E-state index contributed by atoms with van der Waals surface area (Å²) >= 11 is 0. The molecule has 0 radical (unpaired) electrons. The van der Waals surface area contributed by atoms with Gasteiger partial charge in [-0.25, -0.2) is 4.79 Å². The lowest BCUT2D eigenvalue weighted by Crippen LogP contribution is -2.26. The predicted octanol–water partition coefficient (Wildman–Crippen LogP) is 5.82. The monoisotopic (exact) mass is 512 g/mol. The number of carbonyl (C=O) groups is 2. The van der Waals surface area contributed by atoms with E-state index in [1.165, 1.54) is 4.90 Å². The first-order valence-electron chi connectivity index (χ1n) is 12.5. The minimum atomic E-state index is -0.612. The van der Waals surface area contributed by atoms with E-state index in [1.54, 1.807) is 25.6 Å². The summed E-state index contributed by atoms with van der Waals surface area (Å²) in [5.41, 5.74) is 3.74. The molecule has 0 unspecified atom stereocenters. The fourth-order valence-corrected chi connectivity index (χ4v) is 4.00. The number of benzene rings is 3. The normalized spacial score (nSPS) is 10.6. The van der Waals surface area contributed by atoms with Gasteiger partial charge in [-0.05, 0) is 37.1 Å². The van der Waals surface area contributed by atoms with E-state index in [0.29, 0.717) is 5.69 Å². The largest absolute Gasteiger partial charge is 0.483 e. The Bertz CT molecular complexity index is 1380. The number of carbonyl (C=O) groups excluding carboxylic acids is 2. The van der Waals surface area contributed by atoms with E-state index < -0.39 is 5.97 Å². The summed E-state index contributed by atoms with van der Waals surface area (Å²) in [6.07, 6.45) is 0. The Balaban J connectivity index is 1.95. The Morgan fingerprint density at radius 3 is 1.71 bits per heavy atom. The van der Waals surface area contributed by atoms with E-state index in [9.17, 15) is 9.59 Å². The van der Waals surface area contributed by atoms with Crippen LogP contribution < -0.4 is 9.47 Å². The quantitative estimate of drug-likeness (QED) is 0.250. The summed E-state index contributed by atoms with van der Waals surface area (Å²) in [7, 11) is 3.31. The van der Waals surface area contributed by atoms with Crippen molar-refractivity contribution < 1.29 is 23.8 Å². The average Bonchev–Trinajstić information content (AvgIpc) is 3.25. The first-order valence-corrected chi connectivity index (χ1v) is 12.5. The molecule has 4 rings (SSSR count). The third-order valence-corrected chi connectivity index (χ3v) is 5.91. The van der Waals surface area contributed by atoms with Gasteiger partial charge in [0, 0.05) is 19.8 Å². The van der Waals surface area contributed by atoms with Crippen LogP contribution in [-0.4, -0.2) is 42.0 Å². The molecular weight excluding hydrogens is 480 g/mol. The highest BCUT2D eigenvalue weighted by Gasteiger charge is 2.35. The topological polar surface area (TPSA) is 70.0 Å². The standard InChI is InChI=1S/C31H32N2O5/c1-5-36-31(35)27-29(38-21-24-14-10-7-11-15-24)28(37-20-23-12-8-6-9-13-23)26(30(34)32(3)4)33(27)25-18-16-22(2)17-19-25/h6-19H,5,20-21H2,1-4H3. The molecule has 0 aliphatic carbocycles. The van der Waals surface area contributed by atoms with Crippen molar-refractivity contribution in [3.63, 3.8) is 0 Å². The molecular formula is C31H32N2O5. The van der Waals surface area contributed by atoms with E-state index in [1.807, 2.05) is 91.9 Å². The lowest BCUT2D eigenvalue weighted by Gasteiger charge is -2.16. The number of aromatic nitrogens is 1. The van der Waals surface area contributed by atoms with E-state index in [4.69, 9.17) is 14.2 Å². The Morgan fingerprint density at radius 2 is 1.24 bits per heavy atom. The van der Waals surface area contributed by atoms with Crippen molar-refractivity contribution in [1.82, 2.24) is 9.47 Å². The van der Waals surface area contributed by atoms with Crippen molar-refractivity contribution in [3.05, 3.63) is 113 Å². The van der Waals surface area contributed by atoms with Gasteiger partial charge in [-0.3, -0.25) is 9.36 Å². The molecule has 0 N–H and O–H groups in total. The van der Waals surface area contributed by atoms with Crippen LogP contribution in [0.2, 0.25) is 0 Å². The number of hydrogen-bond donors (Lipinski definition) is 0. The van der Waals surface area contributed by atoms with Crippen LogP contribution in [0.3, 0.4) is 0 Å². The number of amides is 1. The maximum Gasteiger partial charge on any atom is 0.359 e. The van der Waals surface area contributed by atoms with Crippen molar-refractivity contribution >= 4 is 11.9 Å². The van der Waals surface area contributed by atoms with E-state index in [2.05, 4.69) is 0 Å². The van der Waals surface area contributed by atoms with E-state index >= 15 is 0 Å². The number of ether oxygens (including phenoxy) is 3. The average molecular weight is 513 g/mol. The molecule has 1 heterocycles. The predicted molar refractivity (Wildman–Crippen MR) is 146 cm³/mol. The van der Waals surface area contributed by atoms with Gasteiger partial charge in [-0.1, -0.05) is 78.4 Å². The Kier molecular flexibility index (Phi) is 8.48. The van der Waals surface area contributed by atoms with Crippen molar-refractivity contribution in [2.24, 2.45) is 0 Å². The molecule has 38 heavy (non-hydrogen) atoms. The van der Waals surface area contributed by atoms with E-state index in [0.717, 1.165) is 16.7 Å². The maximum atomic E-state index is 13.7. The highest BCUT2D eigenvalue weighted by atomic mass is 16.5. The van der Waals surface area contributed by atoms with Gasteiger partial charge in [0.2, 0.25) is 0 Å². The molecule has 0 spiro atoms. The number of esters is 1. The molecule has 3 aromatic carbocycles. The molecule has 0 atom stereocenters. The highest BCUT2D eigenvalue weighted by molar-refractivity contribution is 6.02. The Labute approximate surface area is 223 Å². The summed E-state index contributed by atoms with van der Waals surface area (Å²) < 4.78 is 19.6. The number of aryl methyl sites for hydroxylation is 1. The highest BCUT2D eigenvalue weighted by Crippen LogP contribution is 2.42. The molecule has 7 nitrogen and oxygen atoms in total. The summed E-state index contributed by atoms with van der Waals surface area (Å²) in [4.78, 5) is 28.6. The van der Waals surface area contributed by atoms with Crippen molar-refractivity contribution in [3.8, 4) is 17.2 Å². The van der Waals surface area contributed by atoms with Gasteiger partial charge in [-0.15, -0.1) is 0 Å². The number of rotatable bonds is 10. The third kappa shape index (κ3) is 5.89. The summed E-state index contributed by atoms with van der Waals surface area (Å²) in [5, 5.41) is 0. The second kappa shape index (κ2) is 12.1. The van der Waals surface area contributed by atoms with Gasteiger partial charge in [-0.2, -0.15) is 0 Å². The van der Waals surface area contributed by atoms with Crippen LogP contribution >= 0.6 is 0 Å². The van der Waals surface area contributed by atoms with Crippen molar-refractivity contribution in [2.75, 3.05) is 20.7 Å². The van der Waals surface area contributed by atoms with Gasteiger partial charge in [0.15, 0.2) is 22.9 Å². The first kappa shape index (κ1) is 26.5. The lowest BCUT2D eigenvalue weighted by atomic mass is 10.2. The summed E-state index contributed by atoms with van der Waals surface area (Å²) in [6.45, 7) is 4.21. The molecule has 0 aliphatic heterocycles. The zero-order chi connectivity index (χ0) is 27.1. The van der Waals surface area contributed by atoms with Gasteiger partial charge in [0.1, 0.15) is 13.2 Å². The first-order chi connectivity index (χ1) is 18.4. The van der Waals surface area contributed by atoms with Crippen LogP contribution in [0.15, 0.2) is 84.9 Å². The smallest absolute Gasteiger partial charge is 0.359 e. The van der Waals surface area contributed by atoms with Crippen molar-refractivity contribution in [1.29, 1.82) is 0 Å². The SMILES string of the molecule is CCOC(=O)c1c(OCc2ccccc2)c(OCc2ccccc2)c(C(=O)N(C)C)n1-c1ccc(C)cc1. The van der Waals surface area contributed by atoms with Gasteiger partial charge in [0.25, 0.3) is 5.91 Å². The minimum absolute atomic E-state index is 0.0971. The van der Waals surface area contributed by atoms with Crippen LogP contribution in [0.5, 0.6) is 11.5 Å². The molecule has 7 heteroatoms. The van der Waals surface area contributed by atoms with E-state index in [-0.39, 0.29) is 48.6 Å². The molecule has 196 valence electrons. The molecule has 1 amide bonds. The van der Waals surface area contributed by atoms with Gasteiger partial charge in [0.05, 0.1) is 6.61 Å². The molecule has 0 fully saturated rings. The third-order valence-electron chi connectivity index (χ3n) is 5.91. The Hall–Kier alpha value is -4.52. The summed E-state index contributed by atoms with van der Waals surface area (Å²) in [5.74, 6) is -0.603. The van der Waals surface area contributed by atoms with Crippen LogP contribution in [0, 0.1) is 6.92 Å². The lowest BCUT2D eigenvalue weighted by molar-refractivity contribution is 0.0511. The zero-order valence-electron chi connectivity index (χ0n) is 22.1. The number of nitrogens with zero attached hydrogens (tertiary/aromatic N) is 2. The van der Waals surface area contributed by atoms with Crippen LogP contribution in [-0.2, 0) is 18.0 Å². The second-order valence-corrected chi connectivity index (χ2v) is 9.00. The molecule has 0 bridgehead atoms. The van der Waals surface area contributed by atoms with Crippen LogP contribution in [0.1, 0.15) is 44.6 Å². The maximum absolute atomic E-state index is 13.7. The molecule has 1 aromatic heterocycles. The van der Waals surface area contributed by atoms with Crippen LogP contribution in [0.25, 0.3) is 5.69 Å². The van der Waals surface area contributed by atoms with Gasteiger partial charge < -0.3 is 19.1 Å². The molecule has 0 saturated heterocycles. The van der Waals surface area contributed by atoms with Crippen LogP contribution in [0.4, 0.5) is 0 Å². The second-order valence-electron chi connectivity index (χ2n) is 9.00. The molecule has 0 aliphatic rings. The minimum Gasteiger partial charge on any atom is -0.483 e. The molecule has 4 aromatic rings. The molecule has 0 saturated carbocycles. The fourth-order valence-electron chi connectivity index (χ4n) is 4.00.